The summed E-state index contributed by atoms with van der Waals surface area (Å²) in [5, 5.41) is 0. The van der Waals surface area contributed by atoms with Crippen LogP contribution >= 0.6 is 0 Å². The van der Waals surface area contributed by atoms with Gasteiger partial charge in [-0.25, -0.2) is 0 Å². The van der Waals surface area contributed by atoms with Gasteiger partial charge in [0, 0.05) is 19.1 Å². The Balaban J connectivity index is 1.73. The van der Waals surface area contributed by atoms with Crippen molar-refractivity contribution in [1.82, 2.24) is 9.80 Å². The molecule has 0 aromatic heterocycles. The standard InChI is InChI=1S/C13H27N3/c1-15(10-12-4-3-9-16(12)2)11-13(5-6-13)7-8-14/h12H,3-11,14H2,1-2H3. The predicted molar refractivity (Wildman–Crippen MR) is 68.5 cm³/mol. The summed E-state index contributed by atoms with van der Waals surface area (Å²) in [6, 6.07) is 0.790. The highest BCUT2D eigenvalue weighted by Crippen LogP contribution is 2.48. The molecule has 16 heavy (non-hydrogen) atoms. The third-order valence-electron chi connectivity index (χ3n) is 4.43. The average Bonchev–Trinajstić information content (AvgIpc) is 2.85. The molecular weight excluding hydrogens is 198 g/mol. The van der Waals surface area contributed by atoms with Crippen molar-refractivity contribution in [2.75, 3.05) is 40.3 Å². The van der Waals surface area contributed by atoms with Crippen LogP contribution in [0.15, 0.2) is 0 Å². The van der Waals surface area contributed by atoms with Gasteiger partial charge in [0.2, 0.25) is 0 Å². The number of nitrogens with zero attached hydrogens (tertiary/aromatic N) is 2. The molecular formula is C13H27N3. The maximum Gasteiger partial charge on any atom is 0.0220 e. The number of hydrogen-bond donors (Lipinski definition) is 1. The molecule has 1 saturated carbocycles. The number of nitrogens with two attached hydrogens (primary N) is 1. The Morgan fingerprint density at radius 2 is 2.19 bits per heavy atom. The van der Waals surface area contributed by atoms with Crippen LogP contribution in [0.1, 0.15) is 32.1 Å². The minimum Gasteiger partial charge on any atom is -0.330 e. The molecule has 3 heteroatoms. The van der Waals surface area contributed by atoms with Crippen molar-refractivity contribution in [3.8, 4) is 0 Å². The fraction of sp³-hybridized carbons (Fsp3) is 1.00. The molecule has 94 valence electrons. The van der Waals surface area contributed by atoms with E-state index < -0.39 is 0 Å². The minimum atomic E-state index is 0.598. The van der Waals surface area contributed by atoms with Crippen molar-refractivity contribution in [3.63, 3.8) is 0 Å². The predicted octanol–water partition coefficient (Wildman–Crippen LogP) is 1.14. The lowest BCUT2D eigenvalue weighted by Gasteiger charge is -2.28. The summed E-state index contributed by atoms with van der Waals surface area (Å²) in [6.45, 7) is 4.64. The molecule has 1 atom stereocenters. The molecule has 0 spiro atoms. The molecule has 0 radical (unpaired) electrons. The molecule has 0 amide bonds. The van der Waals surface area contributed by atoms with Crippen LogP contribution in [0.3, 0.4) is 0 Å². The third kappa shape index (κ3) is 2.96. The lowest BCUT2D eigenvalue weighted by Crippen LogP contribution is -2.39. The third-order valence-corrected chi connectivity index (χ3v) is 4.43. The number of hydrogen-bond acceptors (Lipinski definition) is 3. The van der Waals surface area contributed by atoms with E-state index in [-0.39, 0.29) is 0 Å². The maximum absolute atomic E-state index is 5.69. The fourth-order valence-corrected chi connectivity index (χ4v) is 3.18. The monoisotopic (exact) mass is 225 g/mol. The molecule has 2 rings (SSSR count). The minimum absolute atomic E-state index is 0.598. The fourth-order valence-electron chi connectivity index (χ4n) is 3.18. The van der Waals surface area contributed by atoms with Crippen molar-refractivity contribution in [3.05, 3.63) is 0 Å². The number of likely N-dealkylation sites (tertiary alicyclic amines) is 1. The molecule has 2 fully saturated rings. The normalized spacial score (nSPS) is 28.9. The second kappa shape index (κ2) is 5.03. The van der Waals surface area contributed by atoms with E-state index in [2.05, 4.69) is 23.9 Å². The van der Waals surface area contributed by atoms with E-state index in [1.165, 1.54) is 51.7 Å². The van der Waals surface area contributed by atoms with Gasteiger partial charge in [0.15, 0.2) is 0 Å². The van der Waals surface area contributed by atoms with Crippen LogP contribution in [0.2, 0.25) is 0 Å². The zero-order chi connectivity index (χ0) is 11.6. The summed E-state index contributed by atoms with van der Waals surface area (Å²) in [5.41, 5.74) is 6.29. The van der Waals surface area contributed by atoms with Gasteiger partial charge in [-0.15, -0.1) is 0 Å². The molecule has 3 nitrogen and oxygen atoms in total. The summed E-state index contributed by atoms with van der Waals surface area (Å²) < 4.78 is 0. The first-order chi connectivity index (χ1) is 7.65. The van der Waals surface area contributed by atoms with E-state index in [0.717, 1.165) is 12.6 Å². The van der Waals surface area contributed by atoms with Crippen molar-refractivity contribution in [2.24, 2.45) is 11.1 Å². The lowest BCUT2D eigenvalue weighted by molar-refractivity contribution is 0.190. The van der Waals surface area contributed by atoms with Crippen molar-refractivity contribution in [2.45, 2.75) is 38.1 Å². The quantitative estimate of drug-likeness (QED) is 0.736. The Kier molecular flexibility index (Phi) is 3.88. The van der Waals surface area contributed by atoms with Gasteiger partial charge in [-0.3, -0.25) is 0 Å². The Labute approximate surface area is 100.0 Å². The molecule has 1 unspecified atom stereocenters. The summed E-state index contributed by atoms with van der Waals surface area (Å²) in [7, 11) is 4.54. The largest absolute Gasteiger partial charge is 0.330 e. The topological polar surface area (TPSA) is 32.5 Å². The van der Waals surface area contributed by atoms with Crippen molar-refractivity contribution >= 4 is 0 Å². The van der Waals surface area contributed by atoms with Crippen LogP contribution in [0.25, 0.3) is 0 Å². The molecule has 2 N–H and O–H groups in total. The highest BCUT2D eigenvalue weighted by Gasteiger charge is 2.42. The summed E-state index contributed by atoms with van der Waals surface area (Å²) in [4.78, 5) is 5.05. The van der Waals surface area contributed by atoms with Crippen LogP contribution in [0.4, 0.5) is 0 Å². The molecule has 1 saturated heterocycles. The van der Waals surface area contributed by atoms with Crippen LogP contribution in [0.5, 0.6) is 0 Å². The zero-order valence-corrected chi connectivity index (χ0v) is 10.9. The molecule has 1 aliphatic heterocycles. The van der Waals surface area contributed by atoms with E-state index in [9.17, 15) is 0 Å². The van der Waals surface area contributed by atoms with Crippen molar-refractivity contribution in [1.29, 1.82) is 0 Å². The van der Waals surface area contributed by atoms with Gasteiger partial charge in [0.25, 0.3) is 0 Å². The molecule has 1 aliphatic carbocycles. The first-order valence-electron chi connectivity index (χ1n) is 6.74. The molecule has 2 aliphatic rings. The average molecular weight is 225 g/mol. The SMILES string of the molecule is CN(CC1CCCN1C)CC1(CCN)CC1. The Morgan fingerprint density at radius 1 is 1.44 bits per heavy atom. The van der Waals surface area contributed by atoms with Gasteiger partial charge in [-0.1, -0.05) is 0 Å². The first kappa shape index (κ1) is 12.3. The number of likely N-dealkylation sites (N-methyl/N-ethyl adjacent to an activating group) is 2. The second-order valence-corrected chi connectivity index (χ2v) is 6.01. The second-order valence-electron chi connectivity index (χ2n) is 6.01. The van der Waals surface area contributed by atoms with E-state index in [4.69, 9.17) is 5.73 Å². The van der Waals surface area contributed by atoms with Gasteiger partial charge in [0.05, 0.1) is 0 Å². The van der Waals surface area contributed by atoms with Gasteiger partial charge < -0.3 is 15.5 Å². The molecule has 0 aromatic carbocycles. The van der Waals surface area contributed by atoms with Gasteiger partial charge in [-0.2, -0.15) is 0 Å². The van der Waals surface area contributed by atoms with E-state index in [1.807, 2.05) is 0 Å². The van der Waals surface area contributed by atoms with Crippen LogP contribution in [-0.4, -0.2) is 56.1 Å². The van der Waals surface area contributed by atoms with Crippen LogP contribution < -0.4 is 5.73 Å². The van der Waals surface area contributed by atoms with Gasteiger partial charge >= 0.3 is 0 Å². The van der Waals surface area contributed by atoms with Gasteiger partial charge in [-0.05, 0) is 64.7 Å². The van der Waals surface area contributed by atoms with Crippen LogP contribution in [-0.2, 0) is 0 Å². The highest BCUT2D eigenvalue weighted by molar-refractivity contribution is 4.95. The Hall–Kier alpha value is -0.120. The van der Waals surface area contributed by atoms with E-state index in [1.54, 1.807) is 0 Å². The smallest absolute Gasteiger partial charge is 0.0220 e. The van der Waals surface area contributed by atoms with Crippen LogP contribution in [0, 0.1) is 5.41 Å². The summed E-state index contributed by atoms with van der Waals surface area (Å²) >= 11 is 0. The molecule has 1 heterocycles. The van der Waals surface area contributed by atoms with E-state index >= 15 is 0 Å². The van der Waals surface area contributed by atoms with Gasteiger partial charge in [0.1, 0.15) is 0 Å². The number of rotatable bonds is 6. The first-order valence-corrected chi connectivity index (χ1v) is 6.74. The maximum atomic E-state index is 5.69. The molecule has 0 aromatic rings. The summed E-state index contributed by atoms with van der Waals surface area (Å²) in [5.74, 6) is 0. The Bertz CT molecular complexity index is 225. The summed E-state index contributed by atoms with van der Waals surface area (Å²) in [6.07, 6.45) is 6.77. The van der Waals surface area contributed by atoms with E-state index in [0.29, 0.717) is 5.41 Å². The highest BCUT2D eigenvalue weighted by atomic mass is 15.2. The lowest BCUT2D eigenvalue weighted by atomic mass is 10.0. The van der Waals surface area contributed by atoms with Crippen molar-refractivity contribution < 1.29 is 0 Å². The molecule has 0 bridgehead atoms. The zero-order valence-electron chi connectivity index (χ0n) is 10.9. The Morgan fingerprint density at radius 3 is 2.69 bits per heavy atom.